The highest BCUT2D eigenvalue weighted by molar-refractivity contribution is 5.92. The Morgan fingerprint density at radius 1 is 1.05 bits per heavy atom. The topological polar surface area (TPSA) is 101 Å². The summed E-state index contributed by atoms with van der Waals surface area (Å²) in [7, 11) is 0. The maximum absolute atomic E-state index is 12.2. The Morgan fingerprint density at radius 2 is 1.59 bits per heavy atom. The largest absolute Gasteiger partial charge is 0.368 e. The number of benzene rings is 1. The zero-order valence-corrected chi connectivity index (χ0v) is 13.3. The van der Waals surface area contributed by atoms with Crippen LogP contribution in [0.3, 0.4) is 0 Å². The normalized spacial score (nSPS) is 13.8. The first-order valence-corrected chi connectivity index (χ1v) is 7.08. The third kappa shape index (κ3) is 4.87. The van der Waals surface area contributed by atoms with Crippen LogP contribution in [0.25, 0.3) is 0 Å². The monoisotopic (exact) mass is 305 g/mol. The van der Waals surface area contributed by atoms with Gasteiger partial charge in [0.1, 0.15) is 12.1 Å². The average Bonchev–Trinajstić information content (AvgIpc) is 2.43. The fourth-order valence-electron chi connectivity index (χ4n) is 1.71. The maximum atomic E-state index is 12.2. The van der Waals surface area contributed by atoms with Crippen molar-refractivity contribution in [2.24, 2.45) is 11.1 Å². The summed E-state index contributed by atoms with van der Waals surface area (Å²) in [4.78, 5) is 35.6. The molecule has 0 aliphatic heterocycles. The number of rotatable bonds is 5. The third-order valence-corrected chi connectivity index (χ3v) is 3.13. The number of carbonyl (C=O) groups excluding carboxylic acids is 3. The van der Waals surface area contributed by atoms with Gasteiger partial charge in [-0.25, -0.2) is 0 Å². The maximum Gasteiger partial charge on any atom is 0.244 e. The van der Waals surface area contributed by atoms with Crippen LogP contribution in [0.1, 0.15) is 39.3 Å². The van der Waals surface area contributed by atoms with Crippen LogP contribution >= 0.6 is 0 Å². The second-order valence-corrected chi connectivity index (χ2v) is 6.20. The lowest BCUT2D eigenvalue weighted by atomic mass is 9.95. The molecular weight excluding hydrogens is 282 g/mol. The minimum absolute atomic E-state index is 0.245. The molecule has 1 aromatic rings. The molecule has 1 rings (SSSR count). The zero-order chi connectivity index (χ0) is 16.9. The highest BCUT2D eigenvalue weighted by Crippen LogP contribution is 2.14. The van der Waals surface area contributed by atoms with Gasteiger partial charge in [-0.15, -0.1) is 0 Å². The molecule has 0 saturated carbocycles. The van der Waals surface area contributed by atoms with E-state index < -0.39 is 29.3 Å². The van der Waals surface area contributed by atoms with Crippen molar-refractivity contribution in [3.8, 4) is 0 Å². The van der Waals surface area contributed by atoms with Gasteiger partial charge in [-0.1, -0.05) is 51.1 Å². The number of carbonyl (C=O) groups is 3. The van der Waals surface area contributed by atoms with Crippen molar-refractivity contribution < 1.29 is 14.4 Å². The molecule has 0 heterocycles. The summed E-state index contributed by atoms with van der Waals surface area (Å²) in [5.41, 5.74) is 5.34. The van der Waals surface area contributed by atoms with E-state index in [4.69, 9.17) is 5.73 Å². The molecule has 0 aliphatic rings. The summed E-state index contributed by atoms with van der Waals surface area (Å²) in [5, 5.41) is 5.17. The van der Waals surface area contributed by atoms with E-state index in [9.17, 15) is 14.4 Å². The van der Waals surface area contributed by atoms with Crippen molar-refractivity contribution in [2.45, 2.75) is 39.8 Å². The molecule has 0 spiro atoms. The van der Waals surface area contributed by atoms with E-state index in [1.54, 1.807) is 58.0 Å². The van der Waals surface area contributed by atoms with Crippen LogP contribution in [0.5, 0.6) is 0 Å². The number of hydrogen-bond acceptors (Lipinski definition) is 3. The zero-order valence-electron chi connectivity index (χ0n) is 13.3. The van der Waals surface area contributed by atoms with E-state index in [-0.39, 0.29) is 5.91 Å². The number of nitrogens with two attached hydrogens (primary N) is 1. The van der Waals surface area contributed by atoms with Gasteiger partial charge in [0.05, 0.1) is 0 Å². The SMILES string of the molecule is CC(NC(=O)C(C)(C)C)C(=O)NC(C(N)=O)c1ccccc1. The fraction of sp³-hybridized carbons (Fsp3) is 0.438. The van der Waals surface area contributed by atoms with E-state index in [0.717, 1.165) is 0 Å². The summed E-state index contributed by atoms with van der Waals surface area (Å²) in [6, 6.07) is 7.02. The Balaban J connectivity index is 2.76. The van der Waals surface area contributed by atoms with E-state index in [1.807, 2.05) is 0 Å². The molecule has 0 aromatic heterocycles. The molecule has 2 atom stereocenters. The molecule has 0 fully saturated rings. The van der Waals surface area contributed by atoms with Crippen molar-refractivity contribution in [3.05, 3.63) is 35.9 Å². The number of amides is 3. The van der Waals surface area contributed by atoms with Crippen LogP contribution in [-0.4, -0.2) is 23.8 Å². The summed E-state index contributed by atoms with van der Waals surface area (Å²) < 4.78 is 0. The van der Waals surface area contributed by atoms with Gasteiger partial charge in [0.25, 0.3) is 0 Å². The third-order valence-electron chi connectivity index (χ3n) is 3.13. The molecule has 120 valence electrons. The van der Waals surface area contributed by atoms with Crippen LogP contribution in [-0.2, 0) is 14.4 Å². The molecule has 1 aromatic carbocycles. The Bertz CT molecular complexity index is 550. The van der Waals surface area contributed by atoms with Gasteiger partial charge < -0.3 is 16.4 Å². The highest BCUT2D eigenvalue weighted by Gasteiger charge is 2.27. The molecule has 0 bridgehead atoms. The van der Waals surface area contributed by atoms with E-state index in [2.05, 4.69) is 10.6 Å². The van der Waals surface area contributed by atoms with Crippen molar-refractivity contribution in [3.63, 3.8) is 0 Å². The molecule has 4 N–H and O–H groups in total. The standard InChI is InChI=1S/C16H23N3O3/c1-10(18-15(22)16(2,3)4)14(21)19-12(13(17)20)11-8-6-5-7-9-11/h5-10,12H,1-4H3,(H2,17,20)(H,18,22)(H,19,21). The van der Waals surface area contributed by atoms with E-state index >= 15 is 0 Å². The van der Waals surface area contributed by atoms with Crippen molar-refractivity contribution in [1.82, 2.24) is 10.6 Å². The summed E-state index contributed by atoms with van der Waals surface area (Å²) in [6.07, 6.45) is 0. The molecule has 3 amide bonds. The molecule has 0 radical (unpaired) electrons. The van der Waals surface area contributed by atoms with Gasteiger partial charge in [-0.3, -0.25) is 14.4 Å². The first-order chi connectivity index (χ1) is 10.1. The van der Waals surface area contributed by atoms with Crippen molar-refractivity contribution >= 4 is 17.7 Å². The quantitative estimate of drug-likeness (QED) is 0.752. The predicted molar refractivity (Wildman–Crippen MR) is 83.6 cm³/mol. The summed E-state index contributed by atoms with van der Waals surface area (Å²) in [5.74, 6) is -1.37. The van der Waals surface area contributed by atoms with Crippen LogP contribution < -0.4 is 16.4 Å². The van der Waals surface area contributed by atoms with Gasteiger partial charge in [0.15, 0.2) is 0 Å². The molecule has 0 aliphatic carbocycles. The second kappa shape index (κ2) is 7.06. The van der Waals surface area contributed by atoms with Gasteiger partial charge in [0, 0.05) is 5.41 Å². The second-order valence-electron chi connectivity index (χ2n) is 6.20. The molecule has 2 unspecified atom stereocenters. The van der Waals surface area contributed by atoms with Crippen molar-refractivity contribution in [1.29, 1.82) is 0 Å². The molecule has 22 heavy (non-hydrogen) atoms. The molecular formula is C16H23N3O3. The molecule has 6 nitrogen and oxygen atoms in total. The van der Waals surface area contributed by atoms with Crippen LogP contribution in [0.4, 0.5) is 0 Å². The minimum Gasteiger partial charge on any atom is -0.368 e. The van der Waals surface area contributed by atoms with Crippen LogP contribution in [0.2, 0.25) is 0 Å². The smallest absolute Gasteiger partial charge is 0.244 e. The fourth-order valence-corrected chi connectivity index (χ4v) is 1.71. The van der Waals surface area contributed by atoms with E-state index in [1.165, 1.54) is 0 Å². The first kappa shape index (κ1) is 17.7. The van der Waals surface area contributed by atoms with Gasteiger partial charge in [-0.2, -0.15) is 0 Å². The lowest BCUT2D eigenvalue weighted by Crippen LogP contribution is -2.50. The molecule has 0 saturated heterocycles. The Morgan fingerprint density at radius 3 is 2.05 bits per heavy atom. The summed E-state index contributed by atoms with van der Waals surface area (Å²) in [6.45, 7) is 6.82. The number of hydrogen-bond donors (Lipinski definition) is 3. The predicted octanol–water partition coefficient (Wildman–Crippen LogP) is 0.880. The van der Waals surface area contributed by atoms with Gasteiger partial charge in [0.2, 0.25) is 17.7 Å². The highest BCUT2D eigenvalue weighted by atomic mass is 16.2. The Labute approximate surface area is 130 Å². The minimum atomic E-state index is -0.928. The number of primary amides is 1. The van der Waals surface area contributed by atoms with E-state index in [0.29, 0.717) is 5.56 Å². The lowest BCUT2D eigenvalue weighted by molar-refractivity contribution is -0.134. The Hall–Kier alpha value is -2.37. The van der Waals surface area contributed by atoms with Crippen molar-refractivity contribution in [2.75, 3.05) is 0 Å². The van der Waals surface area contributed by atoms with Crippen LogP contribution in [0.15, 0.2) is 30.3 Å². The summed E-state index contributed by atoms with van der Waals surface area (Å²) >= 11 is 0. The van der Waals surface area contributed by atoms with Gasteiger partial charge in [-0.05, 0) is 12.5 Å². The number of nitrogens with one attached hydrogen (secondary N) is 2. The molecule has 6 heteroatoms. The average molecular weight is 305 g/mol. The Kier molecular flexibility index (Phi) is 5.68. The first-order valence-electron chi connectivity index (χ1n) is 7.08. The van der Waals surface area contributed by atoms with Gasteiger partial charge >= 0.3 is 0 Å². The lowest BCUT2D eigenvalue weighted by Gasteiger charge is -2.23. The van der Waals surface area contributed by atoms with Crippen LogP contribution in [0, 0.1) is 5.41 Å².